The molecule has 0 aromatic heterocycles. The molecular formula is C10H25N3. The Hall–Kier alpha value is -0.120. The van der Waals surface area contributed by atoms with Crippen molar-refractivity contribution >= 4 is 0 Å². The van der Waals surface area contributed by atoms with Gasteiger partial charge in [-0.3, -0.25) is 0 Å². The summed E-state index contributed by atoms with van der Waals surface area (Å²) >= 11 is 0. The fraction of sp³-hybridized carbons (Fsp3) is 1.00. The van der Waals surface area contributed by atoms with Crippen molar-refractivity contribution in [2.45, 2.75) is 51.6 Å². The van der Waals surface area contributed by atoms with Gasteiger partial charge in [-0.1, -0.05) is 13.8 Å². The van der Waals surface area contributed by atoms with Gasteiger partial charge in [-0.2, -0.15) is 0 Å². The first-order valence-corrected chi connectivity index (χ1v) is 5.43. The number of rotatable bonds is 8. The molecule has 0 spiro atoms. The van der Waals surface area contributed by atoms with Crippen LogP contribution in [0.15, 0.2) is 0 Å². The van der Waals surface area contributed by atoms with Crippen molar-refractivity contribution in [3.8, 4) is 0 Å². The maximum Gasteiger partial charge on any atom is 0.00764 e. The van der Waals surface area contributed by atoms with E-state index < -0.39 is 0 Å². The van der Waals surface area contributed by atoms with Crippen molar-refractivity contribution < 1.29 is 0 Å². The van der Waals surface area contributed by atoms with Crippen LogP contribution < -0.4 is 16.8 Å². The Morgan fingerprint density at radius 3 is 2.31 bits per heavy atom. The molecule has 13 heavy (non-hydrogen) atoms. The Bertz CT molecular complexity index is 106. The molecule has 3 nitrogen and oxygen atoms in total. The van der Waals surface area contributed by atoms with E-state index in [9.17, 15) is 0 Å². The van der Waals surface area contributed by atoms with Crippen LogP contribution in [-0.2, 0) is 0 Å². The highest BCUT2D eigenvalue weighted by molar-refractivity contribution is 4.67. The van der Waals surface area contributed by atoms with Crippen molar-refractivity contribution in [1.29, 1.82) is 0 Å². The molecule has 3 heteroatoms. The second-order valence-electron chi connectivity index (χ2n) is 3.59. The van der Waals surface area contributed by atoms with E-state index in [1.54, 1.807) is 0 Å². The molecule has 0 aliphatic carbocycles. The quantitative estimate of drug-likeness (QED) is 0.527. The van der Waals surface area contributed by atoms with Crippen molar-refractivity contribution in [2.75, 3.05) is 13.1 Å². The molecule has 0 fully saturated rings. The lowest BCUT2D eigenvalue weighted by atomic mass is 10.1. The van der Waals surface area contributed by atoms with Gasteiger partial charge < -0.3 is 16.8 Å². The van der Waals surface area contributed by atoms with Crippen molar-refractivity contribution in [1.82, 2.24) is 5.32 Å². The van der Waals surface area contributed by atoms with Gasteiger partial charge in [0.15, 0.2) is 0 Å². The predicted molar refractivity (Wildman–Crippen MR) is 58.6 cm³/mol. The maximum atomic E-state index is 5.81. The molecule has 0 aliphatic rings. The van der Waals surface area contributed by atoms with E-state index in [2.05, 4.69) is 19.2 Å². The normalized spacial score (nSPS) is 15.7. The monoisotopic (exact) mass is 187 g/mol. The summed E-state index contributed by atoms with van der Waals surface area (Å²) in [6, 6.07) is 0.928. The second-order valence-corrected chi connectivity index (χ2v) is 3.59. The summed E-state index contributed by atoms with van der Waals surface area (Å²) in [5, 5.41) is 3.48. The molecule has 2 atom stereocenters. The predicted octanol–water partition coefficient (Wildman–Crippen LogP) is 0.831. The number of nitrogens with one attached hydrogen (secondary N) is 1. The molecule has 0 aromatic rings. The van der Waals surface area contributed by atoms with E-state index in [4.69, 9.17) is 11.5 Å². The third-order valence-corrected chi connectivity index (χ3v) is 2.48. The SMILES string of the molecule is CCC(N)CCNC(CC)CCN. The Labute approximate surface area is 82.3 Å². The molecule has 2 unspecified atom stereocenters. The molecule has 80 valence electrons. The number of hydrogen-bond acceptors (Lipinski definition) is 3. The van der Waals surface area contributed by atoms with Gasteiger partial charge in [-0.05, 0) is 38.8 Å². The van der Waals surface area contributed by atoms with Crippen LogP contribution in [0.25, 0.3) is 0 Å². The van der Waals surface area contributed by atoms with Gasteiger partial charge in [0.2, 0.25) is 0 Å². The van der Waals surface area contributed by atoms with Crippen LogP contribution in [0.3, 0.4) is 0 Å². The minimum atomic E-state index is 0.350. The van der Waals surface area contributed by atoms with Crippen molar-refractivity contribution in [2.24, 2.45) is 11.5 Å². The fourth-order valence-electron chi connectivity index (χ4n) is 1.33. The van der Waals surface area contributed by atoms with Crippen LogP contribution in [0, 0.1) is 0 Å². The average molecular weight is 187 g/mol. The first kappa shape index (κ1) is 12.9. The van der Waals surface area contributed by atoms with Crippen LogP contribution in [0.1, 0.15) is 39.5 Å². The standard InChI is InChI=1S/C10H25N3/c1-3-9(12)6-8-13-10(4-2)5-7-11/h9-10,13H,3-8,11-12H2,1-2H3. The molecule has 0 aromatic carbocycles. The van der Waals surface area contributed by atoms with E-state index >= 15 is 0 Å². The van der Waals surface area contributed by atoms with E-state index in [1.807, 2.05) is 0 Å². The Morgan fingerprint density at radius 1 is 1.15 bits per heavy atom. The van der Waals surface area contributed by atoms with Crippen molar-refractivity contribution in [3.05, 3.63) is 0 Å². The third kappa shape index (κ3) is 6.99. The summed E-state index contributed by atoms with van der Waals surface area (Å²) < 4.78 is 0. The van der Waals surface area contributed by atoms with Crippen LogP contribution in [-0.4, -0.2) is 25.2 Å². The van der Waals surface area contributed by atoms with Crippen LogP contribution in [0.5, 0.6) is 0 Å². The topological polar surface area (TPSA) is 64.1 Å². The zero-order valence-corrected chi connectivity index (χ0v) is 9.05. The van der Waals surface area contributed by atoms with Gasteiger partial charge >= 0.3 is 0 Å². The highest BCUT2D eigenvalue weighted by atomic mass is 14.9. The highest BCUT2D eigenvalue weighted by Gasteiger charge is 2.04. The summed E-state index contributed by atoms with van der Waals surface area (Å²) in [5.41, 5.74) is 11.3. The summed E-state index contributed by atoms with van der Waals surface area (Å²) in [6.45, 7) is 6.10. The zero-order chi connectivity index (χ0) is 10.1. The fourth-order valence-corrected chi connectivity index (χ4v) is 1.33. The lowest BCUT2D eigenvalue weighted by Crippen LogP contribution is -2.34. The summed E-state index contributed by atoms with van der Waals surface area (Å²) in [5.74, 6) is 0. The molecule has 0 saturated carbocycles. The van der Waals surface area contributed by atoms with E-state index in [-0.39, 0.29) is 0 Å². The lowest BCUT2D eigenvalue weighted by Gasteiger charge is -2.17. The lowest BCUT2D eigenvalue weighted by molar-refractivity contribution is 0.448. The number of nitrogens with two attached hydrogens (primary N) is 2. The minimum Gasteiger partial charge on any atom is -0.330 e. The van der Waals surface area contributed by atoms with E-state index in [0.717, 1.165) is 38.8 Å². The minimum absolute atomic E-state index is 0.350. The molecule has 0 rings (SSSR count). The average Bonchev–Trinajstić information content (AvgIpc) is 2.16. The van der Waals surface area contributed by atoms with Gasteiger partial charge in [0.1, 0.15) is 0 Å². The summed E-state index contributed by atoms with van der Waals surface area (Å²) in [6.07, 6.45) is 4.35. The molecule has 0 radical (unpaired) electrons. The second kappa shape index (κ2) is 8.48. The van der Waals surface area contributed by atoms with Crippen LogP contribution >= 0.6 is 0 Å². The maximum absolute atomic E-state index is 5.81. The summed E-state index contributed by atoms with van der Waals surface area (Å²) in [7, 11) is 0. The number of hydrogen-bond donors (Lipinski definition) is 3. The van der Waals surface area contributed by atoms with E-state index in [1.165, 1.54) is 0 Å². The smallest absolute Gasteiger partial charge is 0.00764 e. The molecule has 0 bridgehead atoms. The molecule has 0 amide bonds. The van der Waals surface area contributed by atoms with Crippen molar-refractivity contribution in [3.63, 3.8) is 0 Å². The third-order valence-electron chi connectivity index (χ3n) is 2.48. The van der Waals surface area contributed by atoms with Gasteiger partial charge in [0.05, 0.1) is 0 Å². The zero-order valence-electron chi connectivity index (χ0n) is 9.05. The Kier molecular flexibility index (Phi) is 8.40. The van der Waals surface area contributed by atoms with Gasteiger partial charge in [0.25, 0.3) is 0 Å². The van der Waals surface area contributed by atoms with E-state index in [0.29, 0.717) is 12.1 Å². The first-order chi connectivity index (χ1) is 6.24. The van der Waals surface area contributed by atoms with Crippen LogP contribution in [0.4, 0.5) is 0 Å². The summed E-state index contributed by atoms with van der Waals surface area (Å²) in [4.78, 5) is 0. The van der Waals surface area contributed by atoms with Gasteiger partial charge in [0, 0.05) is 12.1 Å². The van der Waals surface area contributed by atoms with Crippen LogP contribution in [0.2, 0.25) is 0 Å². The van der Waals surface area contributed by atoms with Gasteiger partial charge in [-0.25, -0.2) is 0 Å². The molecular weight excluding hydrogens is 162 g/mol. The largest absolute Gasteiger partial charge is 0.330 e. The first-order valence-electron chi connectivity index (χ1n) is 5.43. The molecule has 0 aliphatic heterocycles. The molecule has 5 N–H and O–H groups in total. The Morgan fingerprint density at radius 2 is 1.85 bits per heavy atom. The Balaban J connectivity index is 3.37. The van der Waals surface area contributed by atoms with Gasteiger partial charge in [-0.15, -0.1) is 0 Å². The molecule has 0 saturated heterocycles. The molecule has 0 heterocycles. The highest BCUT2D eigenvalue weighted by Crippen LogP contribution is 1.97.